The molecular weight excluding hydrogens is 370 g/mol. The predicted molar refractivity (Wildman–Crippen MR) is 96.5 cm³/mol. The van der Waals surface area contributed by atoms with Gasteiger partial charge in [0.25, 0.3) is 5.56 Å². The van der Waals surface area contributed by atoms with Crippen LogP contribution < -0.4 is 5.56 Å². The molecule has 24 heavy (non-hydrogen) atoms. The third-order valence-corrected chi connectivity index (χ3v) is 4.62. The summed E-state index contributed by atoms with van der Waals surface area (Å²) in [7, 11) is 0. The van der Waals surface area contributed by atoms with Gasteiger partial charge in [0, 0.05) is 40.2 Å². The van der Waals surface area contributed by atoms with Gasteiger partial charge >= 0.3 is 5.97 Å². The van der Waals surface area contributed by atoms with Gasteiger partial charge in [0.15, 0.2) is 0 Å². The minimum atomic E-state index is -0.447. The molecule has 0 radical (unpaired) electrons. The molecule has 5 heteroatoms. The first-order valence-electron chi connectivity index (χ1n) is 7.67. The minimum absolute atomic E-state index is 0.101. The van der Waals surface area contributed by atoms with Crippen molar-refractivity contribution in [3.05, 3.63) is 74.6 Å². The van der Waals surface area contributed by atoms with Crippen molar-refractivity contribution in [2.24, 2.45) is 5.41 Å². The molecule has 0 fully saturated rings. The zero-order valence-electron chi connectivity index (χ0n) is 13.7. The zero-order valence-corrected chi connectivity index (χ0v) is 15.3. The fraction of sp³-hybridized carbons (Fsp3) is 0.263. The normalized spacial score (nSPS) is 18.5. The second-order valence-corrected chi connectivity index (χ2v) is 7.40. The van der Waals surface area contributed by atoms with Crippen LogP contribution in [-0.2, 0) is 9.53 Å². The maximum atomic E-state index is 12.3. The number of carbonyl (C=O) groups is 1. The van der Waals surface area contributed by atoms with E-state index in [1.807, 2.05) is 44.2 Å². The zero-order chi connectivity index (χ0) is 17.5. The third kappa shape index (κ3) is 2.96. The number of rotatable bonds is 2. The quantitative estimate of drug-likeness (QED) is 0.727. The summed E-state index contributed by atoms with van der Waals surface area (Å²) in [6, 6.07) is 10.9. The van der Waals surface area contributed by atoms with Gasteiger partial charge in [-0.2, -0.15) is 0 Å². The van der Waals surface area contributed by atoms with Crippen molar-refractivity contribution in [2.45, 2.75) is 26.9 Å². The molecule has 1 aliphatic rings. The number of ether oxygens (including phenoxy) is 1. The van der Waals surface area contributed by atoms with E-state index in [1.54, 1.807) is 16.8 Å². The Morgan fingerprint density at radius 3 is 2.67 bits per heavy atom. The molecular formula is C19H18BrNO3. The molecule has 124 valence electrons. The number of carbonyl (C=O) groups excluding carboxylic acids is 1. The van der Waals surface area contributed by atoms with Gasteiger partial charge in [-0.05, 0) is 24.3 Å². The van der Waals surface area contributed by atoms with E-state index >= 15 is 0 Å². The van der Waals surface area contributed by atoms with Crippen molar-refractivity contribution in [3.8, 4) is 0 Å². The lowest BCUT2D eigenvalue weighted by Crippen LogP contribution is -2.31. The third-order valence-electron chi connectivity index (χ3n) is 4.12. The van der Waals surface area contributed by atoms with E-state index in [-0.39, 0.29) is 11.5 Å². The van der Waals surface area contributed by atoms with Gasteiger partial charge in [-0.1, -0.05) is 41.9 Å². The highest BCUT2D eigenvalue weighted by molar-refractivity contribution is 9.10. The van der Waals surface area contributed by atoms with E-state index in [4.69, 9.17) is 4.74 Å². The van der Waals surface area contributed by atoms with Gasteiger partial charge in [0.1, 0.15) is 6.10 Å². The molecule has 0 amide bonds. The smallest absolute Gasteiger partial charge is 0.303 e. The summed E-state index contributed by atoms with van der Waals surface area (Å²) < 4.78 is 8.12. The average molecular weight is 388 g/mol. The lowest BCUT2D eigenvalue weighted by atomic mass is 9.75. The molecule has 4 nitrogen and oxygen atoms in total. The monoisotopic (exact) mass is 387 g/mol. The van der Waals surface area contributed by atoms with Crippen LogP contribution in [0.15, 0.2) is 57.9 Å². The second kappa shape index (κ2) is 6.06. The van der Waals surface area contributed by atoms with Crippen molar-refractivity contribution in [1.29, 1.82) is 0 Å². The molecule has 1 aromatic heterocycles. The van der Waals surface area contributed by atoms with E-state index in [0.717, 1.165) is 21.3 Å². The van der Waals surface area contributed by atoms with E-state index in [1.165, 1.54) is 13.0 Å². The summed E-state index contributed by atoms with van der Waals surface area (Å²) >= 11 is 3.49. The van der Waals surface area contributed by atoms with E-state index in [0.29, 0.717) is 0 Å². The number of fused-ring (bicyclic) bond motifs is 1. The molecule has 0 N–H and O–H groups in total. The molecule has 2 aromatic rings. The highest BCUT2D eigenvalue weighted by atomic mass is 79.9. The largest absolute Gasteiger partial charge is 0.457 e. The molecule has 0 saturated heterocycles. The summed E-state index contributed by atoms with van der Waals surface area (Å²) in [5.41, 5.74) is 2.02. The molecule has 1 atom stereocenters. The maximum absolute atomic E-state index is 12.3. The number of nitrogens with zero attached hydrogens (tertiary/aromatic N) is 1. The molecule has 0 saturated carbocycles. The first-order chi connectivity index (χ1) is 11.3. The molecule has 1 aromatic carbocycles. The van der Waals surface area contributed by atoms with Crippen molar-refractivity contribution in [3.63, 3.8) is 0 Å². The van der Waals surface area contributed by atoms with Crippen LogP contribution in [0, 0.1) is 5.41 Å². The lowest BCUT2D eigenvalue weighted by Gasteiger charge is -2.37. The number of halogens is 1. The Morgan fingerprint density at radius 2 is 2.00 bits per heavy atom. The van der Waals surface area contributed by atoms with Gasteiger partial charge in [-0.3, -0.25) is 14.2 Å². The van der Waals surface area contributed by atoms with Crippen molar-refractivity contribution >= 4 is 27.6 Å². The molecule has 0 spiro atoms. The Kier molecular flexibility index (Phi) is 4.22. The summed E-state index contributed by atoms with van der Waals surface area (Å²) in [5.74, 6) is -0.323. The number of pyridine rings is 1. The number of hydrogen-bond donors (Lipinski definition) is 0. The van der Waals surface area contributed by atoms with Gasteiger partial charge < -0.3 is 4.74 Å². The molecule has 1 heterocycles. The first kappa shape index (κ1) is 16.7. The first-order valence-corrected chi connectivity index (χ1v) is 8.47. The van der Waals surface area contributed by atoms with E-state index in [9.17, 15) is 9.59 Å². The van der Waals surface area contributed by atoms with Crippen LogP contribution in [0.1, 0.15) is 38.0 Å². The van der Waals surface area contributed by atoms with Crippen LogP contribution in [0.3, 0.4) is 0 Å². The number of benzene rings is 1. The van der Waals surface area contributed by atoms with E-state index in [2.05, 4.69) is 15.9 Å². The van der Waals surface area contributed by atoms with Gasteiger partial charge in [0.2, 0.25) is 0 Å². The van der Waals surface area contributed by atoms with Crippen LogP contribution in [0.2, 0.25) is 0 Å². The van der Waals surface area contributed by atoms with Gasteiger partial charge in [-0.15, -0.1) is 0 Å². The van der Waals surface area contributed by atoms with Crippen LogP contribution in [0.5, 0.6) is 0 Å². The molecule has 3 rings (SSSR count). The minimum Gasteiger partial charge on any atom is -0.457 e. The predicted octanol–water partition coefficient (Wildman–Crippen LogP) is 4.14. The number of aromatic nitrogens is 1. The van der Waals surface area contributed by atoms with Crippen LogP contribution >= 0.6 is 15.9 Å². The highest BCUT2D eigenvalue weighted by Crippen LogP contribution is 2.47. The van der Waals surface area contributed by atoms with Crippen LogP contribution in [-0.4, -0.2) is 10.5 Å². The van der Waals surface area contributed by atoms with Crippen molar-refractivity contribution < 1.29 is 9.53 Å². The summed E-state index contributed by atoms with van der Waals surface area (Å²) in [6.45, 7) is 5.41. The molecule has 1 unspecified atom stereocenters. The fourth-order valence-electron chi connectivity index (χ4n) is 3.09. The maximum Gasteiger partial charge on any atom is 0.303 e. The highest BCUT2D eigenvalue weighted by Gasteiger charge is 2.38. The van der Waals surface area contributed by atoms with Crippen molar-refractivity contribution in [2.75, 3.05) is 0 Å². The summed E-state index contributed by atoms with van der Waals surface area (Å²) in [6.07, 6.45) is 3.35. The second-order valence-electron chi connectivity index (χ2n) is 6.48. The fourth-order valence-corrected chi connectivity index (χ4v) is 3.45. The SMILES string of the molecule is CC(=O)OC1c2ccc(Br)cc2C(n2ccccc2=O)=CC1(C)C. The Bertz CT molecular complexity index is 895. The number of hydrogen-bond acceptors (Lipinski definition) is 3. The average Bonchev–Trinajstić information content (AvgIpc) is 2.50. The number of esters is 1. The van der Waals surface area contributed by atoms with Crippen LogP contribution in [0.4, 0.5) is 0 Å². The lowest BCUT2D eigenvalue weighted by molar-refractivity contribution is -0.151. The van der Waals surface area contributed by atoms with E-state index < -0.39 is 11.5 Å². The topological polar surface area (TPSA) is 48.3 Å². The Labute approximate surface area is 148 Å². The molecule has 0 aliphatic heterocycles. The molecule has 1 aliphatic carbocycles. The Hall–Kier alpha value is -2.14. The summed E-state index contributed by atoms with van der Waals surface area (Å²) in [5, 5.41) is 0. The molecule has 0 bridgehead atoms. The van der Waals surface area contributed by atoms with Crippen molar-refractivity contribution in [1.82, 2.24) is 4.57 Å². The summed E-state index contributed by atoms with van der Waals surface area (Å²) in [4.78, 5) is 23.9. The Balaban J connectivity index is 2.27. The van der Waals surface area contributed by atoms with Gasteiger partial charge in [0.05, 0.1) is 5.70 Å². The Morgan fingerprint density at radius 1 is 1.25 bits per heavy atom. The standard InChI is InChI=1S/C19H18BrNO3/c1-12(22)24-18-14-8-7-13(20)10-15(14)16(11-19(18,2)3)21-9-5-4-6-17(21)23/h4-11,18H,1-3H3. The van der Waals surface area contributed by atoms with Gasteiger partial charge in [-0.25, -0.2) is 0 Å². The van der Waals surface area contributed by atoms with Crippen LogP contribution in [0.25, 0.3) is 5.70 Å².